The molecule has 0 amide bonds. The Morgan fingerprint density at radius 1 is 1.04 bits per heavy atom. The molecule has 0 N–H and O–H groups in total. The van der Waals surface area contributed by atoms with Gasteiger partial charge >= 0.3 is 0 Å². The molecule has 3 nitrogen and oxygen atoms in total. The number of allylic oxidation sites excluding steroid dienone is 2. The second kappa shape index (κ2) is 11.5. The number of hydrogen-bond acceptors (Lipinski definition) is 3. The lowest BCUT2D eigenvalue weighted by molar-refractivity contribution is -0.0548. The van der Waals surface area contributed by atoms with E-state index in [1.165, 1.54) is 0 Å². The lowest BCUT2D eigenvalue weighted by Crippen LogP contribution is -2.22. The molecule has 27 heavy (non-hydrogen) atoms. The third-order valence-electron chi connectivity index (χ3n) is 4.58. The summed E-state index contributed by atoms with van der Waals surface area (Å²) < 4.78 is 17.8. The van der Waals surface area contributed by atoms with Crippen LogP contribution in [0.15, 0.2) is 66.4 Å². The standard InChI is InChI=1S/C24H32O3/c1-5-7-13-22(6-2)27-19(3)24(21-11-9-8-10-12-21)26-18-20-14-16-23(25-4)17-15-20/h6,8-12,14-17,19,24H,5,7,13,18H2,1-4H3/b22-6+/t19-,24?/m0/s1. The molecular formula is C24H32O3. The first-order chi connectivity index (χ1) is 13.2. The van der Waals surface area contributed by atoms with Crippen molar-refractivity contribution in [3.63, 3.8) is 0 Å². The Hall–Kier alpha value is -2.26. The summed E-state index contributed by atoms with van der Waals surface area (Å²) in [6.07, 6.45) is 5.12. The summed E-state index contributed by atoms with van der Waals surface area (Å²) in [4.78, 5) is 0. The summed E-state index contributed by atoms with van der Waals surface area (Å²) in [6, 6.07) is 18.3. The van der Waals surface area contributed by atoms with E-state index in [0.29, 0.717) is 6.61 Å². The predicted molar refractivity (Wildman–Crippen MR) is 111 cm³/mol. The van der Waals surface area contributed by atoms with Crippen LogP contribution < -0.4 is 4.74 Å². The van der Waals surface area contributed by atoms with Gasteiger partial charge in [0.2, 0.25) is 0 Å². The summed E-state index contributed by atoms with van der Waals surface area (Å²) in [5.74, 6) is 1.89. The molecule has 1 unspecified atom stereocenters. The van der Waals surface area contributed by atoms with Crippen LogP contribution in [-0.2, 0) is 16.1 Å². The van der Waals surface area contributed by atoms with E-state index in [-0.39, 0.29) is 12.2 Å². The van der Waals surface area contributed by atoms with Gasteiger partial charge in [-0.25, -0.2) is 0 Å². The molecule has 2 rings (SSSR count). The second-order valence-electron chi connectivity index (χ2n) is 6.67. The van der Waals surface area contributed by atoms with Crippen LogP contribution in [-0.4, -0.2) is 13.2 Å². The first kappa shape index (κ1) is 21.0. The zero-order valence-electron chi connectivity index (χ0n) is 17.0. The fraction of sp³-hybridized carbons (Fsp3) is 0.417. The SMILES string of the molecule is C/C=C(\CCCC)O[C@@H](C)C(OCc1ccc(OC)cc1)c1ccccc1. The van der Waals surface area contributed by atoms with Crippen LogP contribution in [0.2, 0.25) is 0 Å². The van der Waals surface area contributed by atoms with Crippen LogP contribution in [0.3, 0.4) is 0 Å². The number of hydrogen-bond donors (Lipinski definition) is 0. The van der Waals surface area contributed by atoms with Gasteiger partial charge in [-0.3, -0.25) is 0 Å². The van der Waals surface area contributed by atoms with Crippen molar-refractivity contribution in [2.75, 3.05) is 7.11 Å². The van der Waals surface area contributed by atoms with Crippen molar-refractivity contribution in [3.05, 3.63) is 77.6 Å². The highest BCUT2D eigenvalue weighted by Gasteiger charge is 2.22. The molecule has 2 aromatic rings. The molecule has 3 heteroatoms. The van der Waals surface area contributed by atoms with Gasteiger partial charge in [-0.05, 0) is 49.6 Å². The van der Waals surface area contributed by atoms with Crippen molar-refractivity contribution in [1.82, 2.24) is 0 Å². The molecule has 0 saturated carbocycles. The number of unbranched alkanes of at least 4 members (excludes halogenated alkanes) is 1. The fourth-order valence-corrected chi connectivity index (χ4v) is 2.98. The molecular weight excluding hydrogens is 336 g/mol. The zero-order valence-corrected chi connectivity index (χ0v) is 17.0. The van der Waals surface area contributed by atoms with Crippen LogP contribution in [0.4, 0.5) is 0 Å². The molecule has 0 fully saturated rings. The van der Waals surface area contributed by atoms with Crippen molar-refractivity contribution in [3.8, 4) is 5.75 Å². The second-order valence-corrected chi connectivity index (χ2v) is 6.67. The fourth-order valence-electron chi connectivity index (χ4n) is 2.98. The lowest BCUT2D eigenvalue weighted by Gasteiger charge is -2.27. The summed E-state index contributed by atoms with van der Waals surface area (Å²) in [5, 5.41) is 0. The topological polar surface area (TPSA) is 27.7 Å². The van der Waals surface area contributed by atoms with Crippen molar-refractivity contribution in [1.29, 1.82) is 0 Å². The third kappa shape index (κ3) is 6.76. The van der Waals surface area contributed by atoms with Gasteiger partial charge in [-0.2, -0.15) is 0 Å². The van der Waals surface area contributed by atoms with Crippen LogP contribution in [0.1, 0.15) is 57.3 Å². The maximum Gasteiger partial charge on any atom is 0.126 e. The van der Waals surface area contributed by atoms with E-state index in [4.69, 9.17) is 14.2 Å². The number of ether oxygens (including phenoxy) is 3. The van der Waals surface area contributed by atoms with E-state index in [9.17, 15) is 0 Å². The quantitative estimate of drug-likeness (QED) is 0.426. The normalized spacial score (nSPS) is 13.9. The Morgan fingerprint density at radius 2 is 1.74 bits per heavy atom. The van der Waals surface area contributed by atoms with Crippen LogP contribution >= 0.6 is 0 Å². The molecule has 146 valence electrons. The molecule has 0 radical (unpaired) electrons. The minimum Gasteiger partial charge on any atom is -0.497 e. The van der Waals surface area contributed by atoms with Crippen LogP contribution in [0, 0.1) is 0 Å². The van der Waals surface area contributed by atoms with Gasteiger partial charge in [0, 0.05) is 6.42 Å². The minimum atomic E-state index is -0.134. The zero-order chi connectivity index (χ0) is 19.5. The van der Waals surface area contributed by atoms with Gasteiger partial charge in [0.25, 0.3) is 0 Å². The van der Waals surface area contributed by atoms with Crippen molar-refractivity contribution in [2.45, 2.75) is 58.8 Å². The first-order valence-corrected chi connectivity index (χ1v) is 9.79. The number of methoxy groups -OCH3 is 1. The summed E-state index contributed by atoms with van der Waals surface area (Å²) in [5.41, 5.74) is 2.24. The van der Waals surface area contributed by atoms with Gasteiger partial charge in [0.15, 0.2) is 0 Å². The Morgan fingerprint density at radius 3 is 2.33 bits per heavy atom. The van der Waals surface area contributed by atoms with Gasteiger partial charge in [0.05, 0.1) is 19.5 Å². The molecule has 0 spiro atoms. The summed E-state index contributed by atoms with van der Waals surface area (Å²) >= 11 is 0. The van der Waals surface area contributed by atoms with Crippen LogP contribution in [0.25, 0.3) is 0 Å². The molecule has 0 aliphatic rings. The first-order valence-electron chi connectivity index (χ1n) is 9.79. The Labute approximate surface area is 164 Å². The van der Waals surface area contributed by atoms with Crippen molar-refractivity contribution >= 4 is 0 Å². The predicted octanol–water partition coefficient (Wildman–Crippen LogP) is 6.45. The highest BCUT2D eigenvalue weighted by Crippen LogP contribution is 2.27. The van der Waals surface area contributed by atoms with E-state index >= 15 is 0 Å². The maximum atomic E-state index is 6.31. The van der Waals surface area contributed by atoms with Gasteiger partial charge in [0.1, 0.15) is 18.0 Å². The minimum absolute atomic E-state index is 0.0753. The third-order valence-corrected chi connectivity index (χ3v) is 4.58. The Balaban J connectivity index is 2.08. The average Bonchev–Trinajstić information content (AvgIpc) is 2.72. The van der Waals surface area contributed by atoms with Gasteiger partial charge in [-0.15, -0.1) is 0 Å². The van der Waals surface area contributed by atoms with Crippen molar-refractivity contribution in [2.24, 2.45) is 0 Å². The van der Waals surface area contributed by atoms with Crippen molar-refractivity contribution < 1.29 is 14.2 Å². The van der Waals surface area contributed by atoms with E-state index in [0.717, 1.165) is 41.9 Å². The number of rotatable bonds is 11. The molecule has 0 bridgehead atoms. The number of benzene rings is 2. The summed E-state index contributed by atoms with van der Waals surface area (Å²) in [6.45, 7) is 6.84. The lowest BCUT2D eigenvalue weighted by atomic mass is 10.0. The Kier molecular flexibility index (Phi) is 8.93. The highest BCUT2D eigenvalue weighted by atomic mass is 16.5. The smallest absolute Gasteiger partial charge is 0.126 e. The molecule has 0 aromatic heterocycles. The summed E-state index contributed by atoms with van der Waals surface area (Å²) in [7, 11) is 1.67. The monoisotopic (exact) mass is 368 g/mol. The van der Waals surface area contributed by atoms with Crippen LogP contribution in [0.5, 0.6) is 5.75 Å². The molecule has 0 aliphatic carbocycles. The molecule has 0 heterocycles. The average molecular weight is 369 g/mol. The molecule has 2 aromatic carbocycles. The highest BCUT2D eigenvalue weighted by molar-refractivity contribution is 5.27. The van der Waals surface area contributed by atoms with E-state index in [1.807, 2.05) is 49.4 Å². The molecule has 2 atom stereocenters. The largest absolute Gasteiger partial charge is 0.497 e. The van der Waals surface area contributed by atoms with E-state index in [1.54, 1.807) is 7.11 Å². The Bertz CT molecular complexity index is 677. The maximum absolute atomic E-state index is 6.31. The van der Waals surface area contributed by atoms with E-state index < -0.39 is 0 Å². The molecule has 0 aliphatic heterocycles. The van der Waals surface area contributed by atoms with Gasteiger partial charge in [-0.1, -0.05) is 55.8 Å². The van der Waals surface area contributed by atoms with Gasteiger partial charge < -0.3 is 14.2 Å². The molecule has 0 saturated heterocycles. The van der Waals surface area contributed by atoms with E-state index in [2.05, 4.69) is 32.1 Å².